The molecule has 0 unspecified atom stereocenters. The van der Waals surface area contributed by atoms with Gasteiger partial charge in [-0.3, -0.25) is 4.79 Å². The number of amides is 1. The average Bonchev–Trinajstić information content (AvgIpc) is 2.92. The van der Waals surface area contributed by atoms with Crippen molar-refractivity contribution < 1.29 is 14.7 Å². The van der Waals surface area contributed by atoms with E-state index < -0.39 is 17.4 Å². The third-order valence-electron chi connectivity index (χ3n) is 3.95. The van der Waals surface area contributed by atoms with Crippen LogP contribution in [-0.4, -0.2) is 27.5 Å². The van der Waals surface area contributed by atoms with Gasteiger partial charge in [-0.1, -0.05) is 30.3 Å². The predicted molar refractivity (Wildman–Crippen MR) is 83.0 cm³/mol. The number of nitrogens with one attached hydrogen (secondary N) is 1. The van der Waals surface area contributed by atoms with Crippen molar-refractivity contribution in [3.63, 3.8) is 0 Å². The number of benzene rings is 1. The summed E-state index contributed by atoms with van der Waals surface area (Å²) in [5.74, 6) is -1.37. The molecule has 1 aliphatic carbocycles. The Balaban J connectivity index is 1.68. The van der Waals surface area contributed by atoms with Crippen molar-refractivity contribution >= 4 is 23.2 Å². The summed E-state index contributed by atoms with van der Waals surface area (Å²) in [6, 6.07) is 9.89. The molecule has 1 heterocycles. The number of rotatable bonds is 5. The summed E-state index contributed by atoms with van der Waals surface area (Å²) in [6.45, 7) is 0. The first-order valence-corrected chi connectivity index (χ1v) is 8.01. The molecule has 0 saturated heterocycles. The third kappa shape index (κ3) is 2.87. The Morgan fingerprint density at radius 1 is 1.27 bits per heavy atom. The fourth-order valence-corrected chi connectivity index (χ4v) is 3.28. The maximum Gasteiger partial charge on any atom is 0.329 e. The van der Waals surface area contributed by atoms with Crippen LogP contribution in [0, 0.1) is 0 Å². The summed E-state index contributed by atoms with van der Waals surface area (Å²) in [7, 11) is 0. The number of carboxylic acid groups (broad SMARTS) is 1. The predicted octanol–water partition coefficient (Wildman–Crippen LogP) is 2.47. The Morgan fingerprint density at radius 2 is 2.00 bits per heavy atom. The molecule has 1 amide bonds. The molecule has 1 fully saturated rings. The number of nitrogens with zero attached hydrogens (tertiary/aromatic N) is 1. The smallest absolute Gasteiger partial charge is 0.329 e. The first-order chi connectivity index (χ1) is 10.6. The number of aromatic nitrogens is 1. The normalized spacial score (nSPS) is 15.8. The van der Waals surface area contributed by atoms with Crippen molar-refractivity contribution in [3.8, 4) is 0 Å². The molecule has 1 aromatic carbocycles. The first kappa shape index (κ1) is 14.7. The Morgan fingerprint density at radius 3 is 2.59 bits per heavy atom. The van der Waals surface area contributed by atoms with Gasteiger partial charge in [-0.15, -0.1) is 11.3 Å². The number of carbonyl (C=O) groups excluding carboxylic acids is 1. The number of thiazole rings is 1. The monoisotopic (exact) mass is 316 g/mol. The quantitative estimate of drug-likeness (QED) is 0.888. The van der Waals surface area contributed by atoms with E-state index in [2.05, 4.69) is 10.3 Å². The van der Waals surface area contributed by atoms with E-state index in [-0.39, 0.29) is 0 Å². The molecular formula is C16H16N2O3S. The van der Waals surface area contributed by atoms with Crippen molar-refractivity contribution in [1.82, 2.24) is 10.3 Å². The van der Waals surface area contributed by atoms with Crippen LogP contribution in [0.4, 0.5) is 0 Å². The molecule has 0 radical (unpaired) electrons. The molecule has 2 aromatic rings. The van der Waals surface area contributed by atoms with Gasteiger partial charge in [0.15, 0.2) is 0 Å². The van der Waals surface area contributed by atoms with Crippen LogP contribution in [0.15, 0.2) is 35.7 Å². The average molecular weight is 316 g/mol. The van der Waals surface area contributed by atoms with E-state index in [1.165, 1.54) is 11.3 Å². The molecule has 1 aliphatic rings. The Hall–Kier alpha value is -2.21. The van der Waals surface area contributed by atoms with Gasteiger partial charge >= 0.3 is 5.97 Å². The van der Waals surface area contributed by atoms with Gasteiger partial charge < -0.3 is 10.4 Å². The van der Waals surface area contributed by atoms with Crippen LogP contribution in [0.1, 0.15) is 40.3 Å². The van der Waals surface area contributed by atoms with Crippen LogP contribution in [0.25, 0.3) is 0 Å². The number of aliphatic carboxylic acids is 1. The molecule has 0 aliphatic heterocycles. The number of carbonyl (C=O) groups is 2. The summed E-state index contributed by atoms with van der Waals surface area (Å²) in [5.41, 5.74) is 0.327. The molecule has 0 spiro atoms. The summed E-state index contributed by atoms with van der Waals surface area (Å²) >= 11 is 1.41. The maximum atomic E-state index is 12.2. The minimum atomic E-state index is -1.10. The molecule has 0 atom stereocenters. The van der Waals surface area contributed by atoms with Gasteiger partial charge in [0.25, 0.3) is 5.91 Å². The van der Waals surface area contributed by atoms with E-state index in [1.807, 2.05) is 30.3 Å². The van der Waals surface area contributed by atoms with Gasteiger partial charge in [0, 0.05) is 11.8 Å². The second-order valence-electron chi connectivity index (χ2n) is 5.48. The molecule has 22 heavy (non-hydrogen) atoms. The van der Waals surface area contributed by atoms with E-state index in [4.69, 9.17) is 0 Å². The van der Waals surface area contributed by atoms with Gasteiger partial charge in [0.05, 0.1) is 5.01 Å². The van der Waals surface area contributed by atoms with Crippen molar-refractivity contribution in [1.29, 1.82) is 0 Å². The summed E-state index contributed by atoms with van der Waals surface area (Å²) in [5, 5.41) is 14.4. The van der Waals surface area contributed by atoms with Gasteiger partial charge in [-0.05, 0) is 24.8 Å². The van der Waals surface area contributed by atoms with Crippen molar-refractivity contribution in [2.24, 2.45) is 0 Å². The number of hydrogen-bond donors (Lipinski definition) is 2. The lowest BCUT2D eigenvalue weighted by Gasteiger charge is -2.37. The molecule has 3 rings (SSSR count). The van der Waals surface area contributed by atoms with E-state index >= 15 is 0 Å². The molecule has 6 heteroatoms. The van der Waals surface area contributed by atoms with Gasteiger partial charge in [-0.2, -0.15) is 0 Å². The molecule has 0 bridgehead atoms. The van der Waals surface area contributed by atoms with Crippen LogP contribution in [0.2, 0.25) is 0 Å². The summed E-state index contributed by atoms with van der Waals surface area (Å²) in [4.78, 5) is 27.8. The molecule has 114 valence electrons. The highest BCUT2D eigenvalue weighted by molar-refractivity contribution is 7.09. The second kappa shape index (κ2) is 5.88. The van der Waals surface area contributed by atoms with E-state index in [9.17, 15) is 14.7 Å². The molecule has 5 nitrogen and oxygen atoms in total. The second-order valence-corrected chi connectivity index (χ2v) is 6.43. The molecule has 1 aromatic heterocycles. The van der Waals surface area contributed by atoms with Gasteiger partial charge in [0.2, 0.25) is 0 Å². The van der Waals surface area contributed by atoms with Crippen LogP contribution >= 0.6 is 11.3 Å². The molecular weight excluding hydrogens is 300 g/mol. The Bertz CT molecular complexity index is 692. The number of hydrogen-bond acceptors (Lipinski definition) is 4. The maximum absolute atomic E-state index is 12.2. The fraction of sp³-hybridized carbons (Fsp3) is 0.312. The highest BCUT2D eigenvalue weighted by atomic mass is 32.1. The van der Waals surface area contributed by atoms with Crippen LogP contribution in [0.3, 0.4) is 0 Å². The van der Waals surface area contributed by atoms with Crippen LogP contribution in [-0.2, 0) is 11.2 Å². The van der Waals surface area contributed by atoms with E-state index in [0.29, 0.717) is 25.0 Å². The van der Waals surface area contributed by atoms with Gasteiger partial charge in [-0.25, -0.2) is 9.78 Å². The van der Waals surface area contributed by atoms with E-state index in [0.717, 1.165) is 17.0 Å². The lowest BCUT2D eigenvalue weighted by molar-refractivity contribution is -0.148. The molecule has 2 N–H and O–H groups in total. The van der Waals surface area contributed by atoms with Crippen molar-refractivity contribution in [3.05, 3.63) is 52.0 Å². The van der Waals surface area contributed by atoms with Crippen LogP contribution in [0.5, 0.6) is 0 Å². The third-order valence-corrected chi connectivity index (χ3v) is 4.80. The minimum Gasteiger partial charge on any atom is -0.480 e. The zero-order valence-electron chi connectivity index (χ0n) is 11.9. The lowest BCUT2D eigenvalue weighted by atomic mass is 9.76. The fourth-order valence-electron chi connectivity index (χ4n) is 2.47. The zero-order chi connectivity index (χ0) is 15.6. The first-order valence-electron chi connectivity index (χ1n) is 7.13. The molecule has 1 saturated carbocycles. The summed E-state index contributed by atoms with van der Waals surface area (Å²) in [6.07, 6.45) is 2.45. The van der Waals surface area contributed by atoms with Crippen molar-refractivity contribution in [2.75, 3.05) is 0 Å². The largest absolute Gasteiger partial charge is 0.480 e. The lowest BCUT2D eigenvalue weighted by Crippen LogP contribution is -2.59. The standard InChI is InChI=1S/C16H16N2O3S/c19-14(18-16(15(20)21)7-4-8-16)12-10-22-13(17-12)9-11-5-2-1-3-6-11/h1-3,5-6,10H,4,7-9H2,(H,18,19)(H,20,21). The number of carboxylic acids is 1. The SMILES string of the molecule is O=C(NC1(C(=O)O)CCC1)c1csc(Cc2ccccc2)n1. The summed E-state index contributed by atoms with van der Waals surface area (Å²) < 4.78 is 0. The minimum absolute atomic E-state index is 0.295. The van der Waals surface area contributed by atoms with Gasteiger partial charge in [0.1, 0.15) is 11.2 Å². The highest BCUT2D eigenvalue weighted by Gasteiger charge is 2.46. The van der Waals surface area contributed by atoms with Crippen molar-refractivity contribution in [2.45, 2.75) is 31.2 Å². The van der Waals surface area contributed by atoms with Crippen LogP contribution < -0.4 is 5.32 Å². The van der Waals surface area contributed by atoms with E-state index in [1.54, 1.807) is 5.38 Å². The Labute approximate surface area is 132 Å². The zero-order valence-corrected chi connectivity index (χ0v) is 12.7. The topological polar surface area (TPSA) is 79.3 Å². The highest BCUT2D eigenvalue weighted by Crippen LogP contribution is 2.32. The Kier molecular flexibility index (Phi) is 3.94.